The molecule has 3 rings (SSSR count). The van der Waals surface area contributed by atoms with E-state index in [0.717, 1.165) is 42.9 Å². The Kier molecular flexibility index (Phi) is 4.28. The zero-order valence-corrected chi connectivity index (χ0v) is 14.1. The Balaban J connectivity index is 1.59. The summed E-state index contributed by atoms with van der Waals surface area (Å²) in [4.78, 5) is 9.86. The second kappa shape index (κ2) is 6.22. The van der Waals surface area contributed by atoms with Crippen molar-refractivity contribution in [1.82, 2.24) is 15.2 Å². The Labute approximate surface area is 136 Å². The number of likely N-dealkylation sites (tertiary alicyclic amines) is 1. The predicted octanol–water partition coefficient (Wildman–Crippen LogP) is 3.16. The minimum absolute atomic E-state index is 0.207. The molecule has 23 heavy (non-hydrogen) atoms. The molecule has 1 aromatic heterocycles. The van der Waals surface area contributed by atoms with Crippen LogP contribution in [0.25, 0.3) is 10.9 Å². The summed E-state index contributed by atoms with van der Waals surface area (Å²) in [5.41, 5.74) is 2.41. The van der Waals surface area contributed by atoms with Crippen LogP contribution in [0.2, 0.25) is 0 Å². The molecule has 0 aliphatic carbocycles. The van der Waals surface area contributed by atoms with Crippen molar-refractivity contribution in [3.05, 3.63) is 35.8 Å². The lowest BCUT2D eigenvalue weighted by molar-refractivity contribution is 0.370. The number of guanidine groups is 1. The second-order valence-electron chi connectivity index (χ2n) is 7.06. The highest BCUT2D eigenvalue weighted by molar-refractivity contribution is 5.83. The first kappa shape index (κ1) is 15.8. The van der Waals surface area contributed by atoms with Crippen LogP contribution in [0.4, 0.5) is 4.39 Å². The van der Waals surface area contributed by atoms with Gasteiger partial charge in [0.1, 0.15) is 5.82 Å². The molecule has 2 N–H and O–H groups in total. The maximum absolute atomic E-state index is 13.2. The molecule has 1 fully saturated rings. The predicted molar refractivity (Wildman–Crippen MR) is 93.3 cm³/mol. The van der Waals surface area contributed by atoms with Gasteiger partial charge in [0.15, 0.2) is 5.96 Å². The molecule has 1 aliphatic rings. The third kappa shape index (κ3) is 3.49. The second-order valence-corrected chi connectivity index (χ2v) is 7.06. The third-order valence-electron chi connectivity index (χ3n) is 4.60. The first-order chi connectivity index (χ1) is 11.0. The van der Waals surface area contributed by atoms with Crippen molar-refractivity contribution >= 4 is 16.9 Å². The number of hydrogen-bond donors (Lipinski definition) is 2. The van der Waals surface area contributed by atoms with Gasteiger partial charge in [-0.25, -0.2) is 4.39 Å². The Morgan fingerprint density at radius 2 is 2.26 bits per heavy atom. The summed E-state index contributed by atoms with van der Waals surface area (Å²) < 4.78 is 13.2. The van der Waals surface area contributed by atoms with E-state index < -0.39 is 0 Å². The molecule has 124 valence electrons. The summed E-state index contributed by atoms with van der Waals surface area (Å²) in [5, 5.41) is 4.54. The quantitative estimate of drug-likeness (QED) is 0.675. The van der Waals surface area contributed by atoms with Crippen molar-refractivity contribution in [2.75, 3.05) is 26.7 Å². The maximum Gasteiger partial charge on any atom is 0.193 e. The minimum Gasteiger partial charge on any atom is -0.361 e. The van der Waals surface area contributed by atoms with E-state index >= 15 is 0 Å². The summed E-state index contributed by atoms with van der Waals surface area (Å²) in [6.45, 7) is 7.50. The molecule has 0 radical (unpaired) electrons. The number of H-pyrrole nitrogens is 1. The van der Waals surface area contributed by atoms with Gasteiger partial charge in [-0.15, -0.1) is 0 Å². The lowest BCUT2D eigenvalue weighted by Gasteiger charge is -2.23. The van der Waals surface area contributed by atoms with Crippen molar-refractivity contribution in [2.24, 2.45) is 10.4 Å². The lowest BCUT2D eigenvalue weighted by atomic mass is 9.93. The fourth-order valence-electron chi connectivity index (χ4n) is 3.30. The topological polar surface area (TPSA) is 43.4 Å². The van der Waals surface area contributed by atoms with Gasteiger partial charge in [0.2, 0.25) is 0 Å². The number of benzene rings is 1. The normalized spacial score (nSPS) is 17.9. The summed E-state index contributed by atoms with van der Waals surface area (Å²) >= 11 is 0. The highest BCUT2D eigenvalue weighted by Gasteiger charge is 2.30. The van der Waals surface area contributed by atoms with Gasteiger partial charge in [0.05, 0.1) is 0 Å². The van der Waals surface area contributed by atoms with Gasteiger partial charge in [0, 0.05) is 43.8 Å². The van der Waals surface area contributed by atoms with Gasteiger partial charge in [-0.05, 0) is 42.0 Å². The number of aromatic amines is 1. The Hall–Kier alpha value is -2.04. The van der Waals surface area contributed by atoms with Gasteiger partial charge in [-0.1, -0.05) is 13.8 Å². The number of rotatable bonds is 3. The van der Waals surface area contributed by atoms with Gasteiger partial charge < -0.3 is 15.2 Å². The van der Waals surface area contributed by atoms with Gasteiger partial charge >= 0.3 is 0 Å². The van der Waals surface area contributed by atoms with E-state index in [2.05, 4.69) is 34.0 Å². The fraction of sp³-hybridized carbons (Fsp3) is 0.500. The van der Waals surface area contributed by atoms with Crippen molar-refractivity contribution in [3.63, 3.8) is 0 Å². The zero-order valence-electron chi connectivity index (χ0n) is 14.1. The third-order valence-corrected chi connectivity index (χ3v) is 4.60. The van der Waals surface area contributed by atoms with E-state index in [1.165, 1.54) is 24.1 Å². The van der Waals surface area contributed by atoms with Gasteiger partial charge in [-0.3, -0.25) is 4.99 Å². The van der Waals surface area contributed by atoms with Crippen LogP contribution in [0.3, 0.4) is 0 Å². The molecule has 1 saturated heterocycles. The van der Waals surface area contributed by atoms with Crippen LogP contribution in [0.15, 0.2) is 29.4 Å². The van der Waals surface area contributed by atoms with Crippen LogP contribution >= 0.6 is 0 Å². The van der Waals surface area contributed by atoms with Gasteiger partial charge in [-0.2, -0.15) is 0 Å². The number of nitrogens with zero attached hydrogens (tertiary/aromatic N) is 2. The van der Waals surface area contributed by atoms with Crippen molar-refractivity contribution < 1.29 is 4.39 Å². The van der Waals surface area contributed by atoms with E-state index in [1.807, 2.05) is 19.3 Å². The fourth-order valence-corrected chi connectivity index (χ4v) is 3.30. The highest BCUT2D eigenvalue weighted by Crippen LogP contribution is 2.28. The van der Waals surface area contributed by atoms with Crippen LogP contribution in [-0.2, 0) is 6.42 Å². The molecule has 0 amide bonds. The van der Waals surface area contributed by atoms with Gasteiger partial charge in [0.25, 0.3) is 0 Å². The molecular weight excluding hydrogens is 291 g/mol. The number of aliphatic imine (C=N–C) groups is 1. The van der Waals surface area contributed by atoms with E-state index in [-0.39, 0.29) is 5.82 Å². The Morgan fingerprint density at radius 3 is 2.96 bits per heavy atom. The molecule has 1 aromatic carbocycles. The molecule has 0 unspecified atom stereocenters. The number of aromatic nitrogens is 1. The zero-order chi connectivity index (χ0) is 16.4. The maximum atomic E-state index is 13.2. The number of halogens is 1. The number of nitrogens with one attached hydrogen (secondary N) is 2. The summed E-state index contributed by atoms with van der Waals surface area (Å²) in [6, 6.07) is 4.89. The van der Waals surface area contributed by atoms with Crippen molar-refractivity contribution in [2.45, 2.75) is 26.7 Å². The van der Waals surface area contributed by atoms with Crippen molar-refractivity contribution in [1.29, 1.82) is 0 Å². The first-order valence-corrected chi connectivity index (χ1v) is 8.20. The molecular formula is C18H25FN4. The van der Waals surface area contributed by atoms with Crippen LogP contribution in [-0.4, -0.2) is 42.5 Å². The molecule has 4 nitrogen and oxygen atoms in total. The molecule has 5 heteroatoms. The summed E-state index contributed by atoms with van der Waals surface area (Å²) in [6.07, 6.45) is 4.04. The molecule has 0 atom stereocenters. The summed E-state index contributed by atoms with van der Waals surface area (Å²) in [5.74, 6) is 0.766. The highest BCUT2D eigenvalue weighted by atomic mass is 19.1. The standard InChI is InChI=1S/C18H25FN4/c1-18(2)7-9-23(12-18)17(20-3)21-8-6-13-11-22-16-10-14(19)4-5-15(13)16/h4-5,10-11,22H,6-9,12H2,1-3H3,(H,20,21). The van der Waals surface area contributed by atoms with Crippen LogP contribution in [0.5, 0.6) is 0 Å². The smallest absolute Gasteiger partial charge is 0.193 e. The van der Waals surface area contributed by atoms with Crippen LogP contribution < -0.4 is 5.32 Å². The Morgan fingerprint density at radius 1 is 1.43 bits per heavy atom. The lowest BCUT2D eigenvalue weighted by Crippen LogP contribution is -2.41. The average Bonchev–Trinajstić information content (AvgIpc) is 3.06. The largest absolute Gasteiger partial charge is 0.361 e. The molecule has 1 aliphatic heterocycles. The number of fused-ring (bicyclic) bond motifs is 1. The Bertz CT molecular complexity index is 717. The van der Waals surface area contributed by atoms with E-state index in [1.54, 1.807) is 0 Å². The molecule has 2 aromatic rings. The number of hydrogen-bond acceptors (Lipinski definition) is 1. The van der Waals surface area contributed by atoms with E-state index in [4.69, 9.17) is 0 Å². The van der Waals surface area contributed by atoms with E-state index in [9.17, 15) is 4.39 Å². The van der Waals surface area contributed by atoms with Crippen LogP contribution in [0.1, 0.15) is 25.8 Å². The molecule has 0 bridgehead atoms. The molecule has 0 saturated carbocycles. The van der Waals surface area contributed by atoms with Crippen LogP contribution in [0, 0.1) is 11.2 Å². The average molecular weight is 316 g/mol. The van der Waals surface area contributed by atoms with Crippen molar-refractivity contribution in [3.8, 4) is 0 Å². The summed E-state index contributed by atoms with van der Waals surface area (Å²) in [7, 11) is 1.84. The monoisotopic (exact) mass is 316 g/mol. The van der Waals surface area contributed by atoms with E-state index in [0.29, 0.717) is 5.41 Å². The minimum atomic E-state index is -0.207. The molecule has 2 heterocycles. The molecule has 0 spiro atoms. The SMILES string of the molecule is CN=C(NCCc1c[nH]c2cc(F)ccc12)N1CCC(C)(C)C1. The first-order valence-electron chi connectivity index (χ1n) is 8.20.